The Kier molecular flexibility index (Phi) is 9.34. The van der Waals surface area contributed by atoms with Crippen molar-refractivity contribution in [2.75, 3.05) is 12.4 Å². The van der Waals surface area contributed by atoms with Gasteiger partial charge in [-0.15, -0.1) is 20.4 Å². The fraction of sp³-hybridized carbons (Fsp3) is 0.233. The standard InChI is InChI=1S/C30H30N8O3S/c1-3-4-13-26-32-35-30(42-19-21-9-5-6-10-23(21)29(40)41-2)38(26)18-20-14-16-22(17-15-20)31-28(39)25-12-8-7-11-24(25)27-33-36-37-34-27/h5-12,14-17H,3-4,13,18-19H2,1-2H3,(H,31,39)(H,33,34,36,37). The maximum absolute atomic E-state index is 13.1. The van der Waals surface area contributed by atoms with Crippen LogP contribution in [0.1, 0.15) is 57.4 Å². The normalized spacial score (nSPS) is 10.9. The first kappa shape index (κ1) is 28.7. The molecule has 2 heterocycles. The number of benzene rings is 3. The largest absolute Gasteiger partial charge is 0.465 e. The lowest BCUT2D eigenvalue weighted by atomic mass is 10.1. The van der Waals surface area contributed by atoms with Gasteiger partial charge in [0.25, 0.3) is 5.91 Å². The first-order valence-corrected chi connectivity index (χ1v) is 14.5. The molecule has 5 aromatic rings. The van der Waals surface area contributed by atoms with Crippen molar-refractivity contribution in [3.05, 3.63) is 101 Å². The number of rotatable bonds is 12. The lowest BCUT2D eigenvalue weighted by Crippen LogP contribution is -2.13. The Labute approximate surface area is 247 Å². The van der Waals surface area contributed by atoms with Gasteiger partial charge in [-0.25, -0.2) is 4.79 Å². The molecule has 0 fully saturated rings. The lowest BCUT2D eigenvalue weighted by Gasteiger charge is -2.12. The summed E-state index contributed by atoms with van der Waals surface area (Å²) >= 11 is 1.53. The number of aryl methyl sites for hydroxylation is 1. The van der Waals surface area contributed by atoms with Crippen LogP contribution in [-0.4, -0.2) is 54.4 Å². The molecule has 42 heavy (non-hydrogen) atoms. The number of aromatic amines is 1. The molecule has 0 saturated carbocycles. The van der Waals surface area contributed by atoms with Gasteiger partial charge in [-0.3, -0.25) is 4.79 Å². The minimum Gasteiger partial charge on any atom is -0.465 e. The minimum absolute atomic E-state index is 0.269. The molecule has 2 N–H and O–H groups in total. The summed E-state index contributed by atoms with van der Waals surface area (Å²) in [6.45, 7) is 2.72. The zero-order valence-electron chi connectivity index (χ0n) is 23.3. The number of H-pyrrole nitrogens is 1. The van der Waals surface area contributed by atoms with Crippen molar-refractivity contribution in [1.82, 2.24) is 35.4 Å². The third-order valence-electron chi connectivity index (χ3n) is 6.64. The summed E-state index contributed by atoms with van der Waals surface area (Å²) in [5, 5.41) is 26.7. The topological polar surface area (TPSA) is 141 Å². The van der Waals surface area contributed by atoms with E-state index in [2.05, 4.69) is 47.6 Å². The molecule has 1 amide bonds. The number of hydrogen-bond donors (Lipinski definition) is 2. The molecule has 0 radical (unpaired) electrons. The minimum atomic E-state index is -0.359. The third kappa shape index (κ3) is 6.72. The number of anilines is 1. The maximum Gasteiger partial charge on any atom is 0.338 e. The van der Waals surface area contributed by atoms with Gasteiger partial charge in [0, 0.05) is 23.4 Å². The first-order valence-electron chi connectivity index (χ1n) is 13.5. The molecule has 0 aliphatic heterocycles. The van der Waals surface area contributed by atoms with Crippen LogP contribution in [0.5, 0.6) is 0 Å². The van der Waals surface area contributed by atoms with E-state index in [9.17, 15) is 9.59 Å². The molecule has 5 rings (SSSR count). The fourth-order valence-corrected chi connectivity index (χ4v) is 5.39. The summed E-state index contributed by atoms with van der Waals surface area (Å²) in [5.74, 6) is 1.19. The van der Waals surface area contributed by atoms with Crippen molar-refractivity contribution >= 4 is 29.3 Å². The van der Waals surface area contributed by atoms with Crippen molar-refractivity contribution < 1.29 is 14.3 Å². The first-order chi connectivity index (χ1) is 20.6. The highest BCUT2D eigenvalue weighted by Gasteiger charge is 2.18. The van der Waals surface area contributed by atoms with Gasteiger partial charge >= 0.3 is 5.97 Å². The summed E-state index contributed by atoms with van der Waals surface area (Å²) in [4.78, 5) is 25.3. The molecule has 2 aromatic heterocycles. The monoisotopic (exact) mass is 582 g/mol. The van der Waals surface area contributed by atoms with Gasteiger partial charge < -0.3 is 14.6 Å². The molecule has 0 saturated heterocycles. The van der Waals surface area contributed by atoms with Crippen LogP contribution in [0.2, 0.25) is 0 Å². The summed E-state index contributed by atoms with van der Waals surface area (Å²) in [7, 11) is 1.38. The van der Waals surface area contributed by atoms with Crippen LogP contribution in [0.3, 0.4) is 0 Å². The molecule has 11 nitrogen and oxygen atoms in total. The third-order valence-corrected chi connectivity index (χ3v) is 7.65. The number of ether oxygens (including phenoxy) is 1. The Balaban J connectivity index is 1.31. The second kappa shape index (κ2) is 13.7. The highest BCUT2D eigenvalue weighted by atomic mass is 32.2. The average Bonchev–Trinajstić information content (AvgIpc) is 3.70. The van der Waals surface area contributed by atoms with Gasteiger partial charge in [0.05, 0.1) is 24.8 Å². The molecule has 0 spiro atoms. The van der Waals surface area contributed by atoms with Crippen LogP contribution in [0.15, 0.2) is 78.0 Å². The zero-order chi connectivity index (χ0) is 29.3. The molecule has 214 valence electrons. The van der Waals surface area contributed by atoms with Crippen molar-refractivity contribution in [2.24, 2.45) is 0 Å². The van der Waals surface area contributed by atoms with E-state index in [0.29, 0.717) is 40.5 Å². The number of methoxy groups -OCH3 is 1. The van der Waals surface area contributed by atoms with Crippen molar-refractivity contribution in [1.29, 1.82) is 0 Å². The molecule has 0 bridgehead atoms. The zero-order valence-corrected chi connectivity index (χ0v) is 24.1. The van der Waals surface area contributed by atoms with Crippen molar-refractivity contribution in [3.63, 3.8) is 0 Å². The van der Waals surface area contributed by atoms with E-state index in [1.807, 2.05) is 48.5 Å². The summed E-state index contributed by atoms with van der Waals surface area (Å²) in [6.07, 6.45) is 2.87. The Morgan fingerprint density at radius 3 is 2.45 bits per heavy atom. The van der Waals surface area contributed by atoms with E-state index in [0.717, 1.165) is 41.4 Å². The predicted octanol–water partition coefficient (Wildman–Crippen LogP) is 5.18. The molecule has 0 aliphatic carbocycles. The number of esters is 1. The van der Waals surface area contributed by atoms with E-state index in [1.54, 1.807) is 24.3 Å². The van der Waals surface area contributed by atoms with Crippen LogP contribution in [0.4, 0.5) is 5.69 Å². The number of nitrogens with one attached hydrogen (secondary N) is 2. The Morgan fingerprint density at radius 2 is 1.71 bits per heavy atom. The highest BCUT2D eigenvalue weighted by Crippen LogP contribution is 2.26. The van der Waals surface area contributed by atoms with Crippen LogP contribution in [0.25, 0.3) is 11.4 Å². The SMILES string of the molecule is CCCCc1nnc(SCc2ccccc2C(=O)OC)n1Cc1ccc(NC(=O)c2ccccc2-c2nn[nH]n2)cc1. The van der Waals surface area contributed by atoms with E-state index >= 15 is 0 Å². The highest BCUT2D eigenvalue weighted by molar-refractivity contribution is 7.98. The fourth-order valence-electron chi connectivity index (χ4n) is 4.43. The number of hydrogen-bond acceptors (Lipinski definition) is 9. The number of unbranched alkanes of at least 4 members (excludes halogenated alkanes) is 1. The van der Waals surface area contributed by atoms with Gasteiger partial charge in [-0.2, -0.15) is 5.21 Å². The average molecular weight is 583 g/mol. The van der Waals surface area contributed by atoms with Crippen LogP contribution in [0, 0.1) is 0 Å². The Hall–Kier alpha value is -4.84. The number of nitrogens with zero attached hydrogens (tertiary/aromatic N) is 6. The molecule has 3 aromatic carbocycles. The summed E-state index contributed by atoms with van der Waals surface area (Å²) in [6, 6.07) is 22.2. The number of thioether (sulfide) groups is 1. The van der Waals surface area contributed by atoms with Gasteiger partial charge in [0.1, 0.15) is 5.82 Å². The second-order valence-electron chi connectivity index (χ2n) is 9.46. The Bertz CT molecular complexity index is 1650. The summed E-state index contributed by atoms with van der Waals surface area (Å²) in [5.41, 5.74) is 4.16. The van der Waals surface area contributed by atoms with Crippen LogP contribution in [-0.2, 0) is 23.5 Å². The van der Waals surface area contributed by atoms with E-state index < -0.39 is 0 Å². The Morgan fingerprint density at radius 1 is 0.952 bits per heavy atom. The van der Waals surface area contributed by atoms with E-state index in [-0.39, 0.29) is 11.9 Å². The molecule has 0 unspecified atom stereocenters. The van der Waals surface area contributed by atoms with Crippen molar-refractivity contribution in [2.45, 2.75) is 43.6 Å². The maximum atomic E-state index is 13.1. The second-order valence-corrected chi connectivity index (χ2v) is 10.4. The smallest absolute Gasteiger partial charge is 0.338 e. The van der Waals surface area contributed by atoms with E-state index in [1.165, 1.54) is 18.9 Å². The number of aromatic nitrogens is 7. The van der Waals surface area contributed by atoms with Gasteiger partial charge in [0.15, 0.2) is 5.16 Å². The lowest BCUT2D eigenvalue weighted by molar-refractivity contribution is 0.0599. The quantitative estimate of drug-likeness (QED) is 0.150. The van der Waals surface area contributed by atoms with Gasteiger partial charge in [0.2, 0.25) is 5.82 Å². The molecular weight excluding hydrogens is 552 g/mol. The molecule has 12 heteroatoms. The number of carbonyl (C=O) groups excluding carboxylic acids is 2. The predicted molar refractivity (Wildman–Crippen MR) is 159 cm³/mol. The number of carbonyl (C=O) groups is 2. The molecule has 0 aliphatic rings. The van der Waals surface area contributed by atoms with Crippen LogP contribution < -0.4 is 5.32 Å². The van der Waals surface area contributed by atoms with Crippen LogP contribution >= 0.6 is 11.8 Å². The molecular formula is C30H30N8O3S. The van der Waals surface area contributed by atoms with Gasteiger partial charge in [-0.1, -0.05) is 73.6 Å². The summed E-state index contributed by atoms with van der Waals surface area (Å²) < 4.78 is 7.07. The number of tetrazole rings is 1. The van der Waals surface area contributed by atoms with Crippen molar-refractivity contribution in [3.8, 4) is 11.4 Å². The van der Waals surface area contributed by atoms with Gasteiger partial charge in [-0.05, 0) is 47.0 Å². The van der Waals surface area contributed by atoms with E-state index in [4.69, 9.17) is 4.74 Å². The molecule has 0 atom stereocenters. The number of amides is 1.